The molecule has 0 aromatic heterocycles. The molecule has 0 aliphatic carbocycles. The van der Waals surface area contributed by atoms with Gasteiger partial charge in [-0.05, 0) is 70.6 Å². The number of hydrogen-bond acceptors (Lipinski definition) is 6. The Morgan fingerprint density at radius 3 is 0.776 bits per heavy atom. The molecular formula is C61H114O6. The minimum absolute atomic E-state index is 0.0728. The van der Waals surface area contributed by atoms with Crippen molar-refractivity contribution in [3.05, 3.63) is 24.3 Å². The van der Waals surface area contributed by atoms with Gasteiger partial charge in [0.05, 0.1) is 0 Å². The van der Waals surface area contributed by atoms with Crippen LogP contribution >= 0.6 is 0 Å². The quantitative estimate of drug-likeness (QED) is 0.0262. The molecule has 0 heterocycles. The minimum Gasteiger partial charge on any atom is -0.462 e. The van der Waals surface area contributed by atoms with Crippen molar-refractivity contribution >= 4 is 17.9 Å². The summed E-state index contributed by atoms with van der Waals surface area (Å²) in [6.07, 6.45) is 66.1. The van der Waals surface area contributed by atoms with Gasteiger partial charge >= 0.3 is 17.9 Å². The molecular weight excluding hydrogens is 829 g/mol. The molecule has 0 aliphatic rings. The molecule has 6 heteroatoms. The maximum absolute atomic E-state index is 12.8. The Labute approximate surface area is 417 Å². The van der Waals surface area contributed by atoms with Crippen LogP contribution in [0.4, 0.5) is 0 Å². The van der Waals surface area contributed by atoms with E-state index < -0.39 is 6.10 Å². The van der Waals surface area contributed by atoms with E-state index in [2.05, 4.69) is 45.1 Å². The fourth-order valence-corrected chi connectivity index (χ4v) is 8.91. The Kier molecular flexibility index (Phi) is 54.7. The predicted molar refractivity (Wildman–Crippen MR) is 289 cm³/mol. The number of rotatable bonds is 55. The summed E-state index contributed by atoms with van der Waals surface area (Å²) in [5.41, 5.74) is 0. The molecule has 0 aromatic carbocycles. The molecule has 0 rings (SSSR count). The number of ether oxygens (including phenoxy) is 3. The predicted octanol–water partition coefficient (Wildman–Crippen LogP) is 19.9. The van der Waals surface area contributed by atoms with Gasteiger partial charge in [-0.2, -0.15) is 0 Å². The molecule has 0 saturated carbocycles. The van der Waals surface area contributed by atoms with E-state index >= 15 is 0 Å². The number of carbonyl (C=O) groups is 3. The van der Waals surface area contributed by atoms with E-state index in [4.69, 9.17) is 14.2 Å². The molecule has 67 heavy (non-hydrogen) atoms. The van der Waals surface area contributed by atoms with E-state index in [1.54, 1.807) is 0 Å². The van der Waals surface area contributed by atoms with Crippen LogP contribution in [0, 0.1) is 0 Å². The van der Waals surface area contributed by atoms with Crippen LogP contribution in [-0.2, 0) is 28.6 Å². The van der Waals surface area contributed by atoms with Gasteiger partial charge in [0.25, 0.3) is 0 Å². The Morgan fingerprint density at radius 2 is 0.493 bits per heavy atom. The van der Waals surface area contributed by atoms with Crippen molar-refractivity contribution in [3.63, 3.8) is 0 Å². The van der Waals surface area contributed by atoms with Crippen molar-refractivity contribution < 1.29 is 28.6 Å². The standard InChI is InChI=1S/C61H114O6/c1-4-7-10-13-16-19-22-25-27-28-29-30-31-32-33-35-36-39-42-45-48-51-54-60(63)66-57-58(56-65-59(62)53-50-47-44-41-38-24-21-18-15-12-9-6-3)67-61(64)55-52-49-46-43-40-37-34-26-23-20-17-14-11-8-5-2/h18,21,26,34,58H,4-17,19-20,22-25,27-33,35-57H2,1-3H3/b21-18-,34-26-. The first-order chi connectivity index (χ1) is 33.0. The first-order valence-electron chi connectivity index (χ1n) is 29.8. The van der Waals surface area contributed by atoms with Crippen LogP contribution in [0.5, 0.6) is 0 Å². The molecule has 0 aliphatic heterocycles. The van der Waals surface area contributed by atoms with Crippen molar-refractivity contribution in [2.24, 2.45) is 0 Å². The minimum atomic E-state index is -0.775. The summed E-state index contributed by atoms with van der Waals surface area (Å²) >= 11 is 0. The fraction of sp³-hybridized carbons (Fsp3) is 0.885. The number of unbranched alkanes of at least 4 members (excludes halogenated alkanes) is 40. The molecule has 394 valence electrons. The van der Waals surface area contributed by atoms with Crippen molar-refractivity contribution in [1.82, 2.24) is 0 Å². The Morgan fingerprint density at radius 1 is 0.284 bits per heavy atom. The van der Waals surface area contributed by atoms with Gasteiger partial charge in [0.2, 0.25) is 0 Å². The number of allylic oxidation sites excluding steroid dienone is 4. The van der Waals surface area contributed by atoms with Gasteiger partial charge in [-0.25, -0.2) is 0 Å². The Bertz CT molecular complexity index is 1080. The highest BCUT2D eigenvalue weighted by Crippen LogP contribution is 2.17. The third-order valence-corrected chi connectivity index (χ3v) is 13.4. The topological polar surface area (TPSA) is 78.9 Å². The number of carbonyl (C=O) groups excluding carboxylic acids is 3. The lowest BCUT2D eigenvalue weighted by molar-refractivity contribution is -0.167. The lowest BCUT2D eigenvalue weighted by Crippen LogP contribution is -2.30. The highest BCUT2D eigenvalue weighted by molar-refractivity contribution is 5.71. The molecule has 0 spiro atoms. The average molecular weight is 944 g/mol. The Hall–Kier alpha value is -2.11. The summed E-state index contributed by atoms with van der Waals surface area (Å²) in [6, 6.07) is 0. The van der Waals surface area contributed by atoms with Crippen LogP contribution in [0.2, 0.25) is 0 Å². The lowest BCUT2D eigenvalue weighted by Gasteiger charge is -2.18. The first kappa shape index (κ1) is 64.9. The largest absolute Gasteiger partial charge is 0.462 e. The second-order valence-corrected chi connectivity index (χ2v) is 20.3. The summed E-state index contributed by atoms with van der Waals surface area (Å²) in [6.45, 7) is 6.65. The van der Waals surface area contributed by atoms with Crippen molar-refractivity contribution in [2.75, 3.05) is 13.2 Å². The summed E-state index contributed by atoms with van der Waals surface area (Å²) in [7, 11) is 0. The highest BCUT2D eigenvalue weighted by atomic mass is 16.6. The zero-order chi connectivity index (χ0) is 48.6. The third-order valence-electron chi connectivity index (χ3n) is 13.4. The molecule has 0 fully saturated rings. The van der Waals surface area contributed by atoms with E-state index in [0.717, 1.165) is 70.6 Å². The van der Waals surface area contributed by atoms with Gasteiger partial charge in [-0.1, -0.05) is 263 Å². The zero-order valence-electron chi connectivity index (χ0n) is 45.2. The van der Waals surface area contributed by atoms with E-state index in [1.165, 1.54) is 218 Å². The van der Waals surface area contributed by atoms with Gasteiger partial charge < -0.3 is 14.2 Å². The van der Waals surface area contributed by atoms with E-state index in [-0.39, 0.29) is 31.1 Å². The fourth-order valence-electron chi connectivity index (χ4n) is 8.91. The zero-order valence-corrected chi connectivity index (χ0v) is 45.2. The van der Waals surface area contributed by atoms with Crippen molar-refractivity contribution in [3.8, 4) is 0 Å². The lowest BCUT2D eigenvalue weighted by atomic mass is 10.0. The third kappa shape index (κ3) is 54.7. The molecule has 1 unspecified atom stereocenters. The summed E-state index contributed by atoms with van der Waals surface area (Å²) in [5, 5.41) is 0. The highest BCUT2D eigenvalue weighted by Gasteiger charge is 2.19. The van der Waals surface area contributed by atoms with Crippen LogP contribution in [-0.4, -0.2) is 37.2 Å². The van der Waals surface area contributed by atoms with Gasteiger partial charge in [0.15, 0.2) is 6.10 Å². The maximum Gasteiger partial charge on any atom is 0.306 e. The van der Waals surface area contributed by atoms with Crippen LogP contribution in [0.3, 0.4) is 0 Å². The van der Waals surface area contributed by atoms with Crippen molar-refractivity contribution in [2.45, 2.75) is 335 Å². The van der Waals surface area contributed by atoms with Gasteiger partial charge in [-0.15, -0.1) is 0 Å². The summed E-state index contributed by atoms with van der Waals surface area (Å²) < 4.78 is 16.9. The smallest absolute Gasteiger partial charge is 0.306 e. The summed E-state index contributed by atoms with van der Waals surface area (Å²) in [5.74, 6) is -0.871. The molecule has 6 nitrogen and oxygen atoms in total. The first-order valence-corrected chi connectivity index (χ1v) is 29.8. The van der Waals surface area contributed by atoms with Gasteiger partial charge in [0, 0.05) is 19.3 Å². The molecule has 0 amide bonds. The normalized spacial score (nSPS) is 12.1. The van der Waals surface area contributed by atoms with Gasteiger partial charge in [-0.3, -0.25) is 14.4 Å². The van der Waals surface area contributed by atoms with Crippen LogP contribution < -0.4 is 0 Å². The molecule has 0 radical (unpaired) electrons. The number of hydrogen-bond donors (Lipinski definition) is 0. The van der Waals surface area contributed by atoms with Crippen LogP contribution in [0.15, 0.2) is 24.3 Å². The average Bonchev–Trinajstić information content (AvgIpc) is 3.33. The SMILES string of the molecule is CCCCC/C=C\CCCCCCCC(=O)OCC(COC(=O)CCCCCCCCCCCCCCCCCCCCCCCC)OC(=O)CCCCCCC/C=C\CCCCCCCC. The van der Waals surface area contributed by atoms with Crippen LogP contribution in [0.1, 0.15) is 329 Å². The monoisotopic (exact) mass is 943 g/mol. The molecule has 0 saturated heterocycles. The maximum atomic E-state index is 12.8. The van der Waals surface area contributed by atoms with Crippen molar-refractivity contribution in [1.29, 1.82) is 0 Å². The van der Waals surface area contributed by atoms with E-state index in [9.17, 15) is 14.4 Å². The second kappa shape index (κ2) is 56.5. The Balaban J connectivity index is 4.25. The summed E-state index contributed by atoms with van der Waals surface area (Å²) in [4.78, 5) is 38.1. The molecule has 0 aromatic rings. The van der Waals surface area contributed by atoms with Gasteiger partial charge in [0.1, 0.15) is 13.2 Å². The van der Waals surface area contributed by atoms with E-state index in [0.29, 0.717) is 19.3 Å². The molecule has 0 N–H and O–H groups in total. The van der Waals surface area contributed by atoms with Crippen LogP contribution in [0.25, 0.3) is 0 Å². The second-order valence-electron chi connectivity index (χ2n) is 20.3. The molecule has 1 atom stereocenters. The molecule has 0 bridgehead atoms. The number of esters is 3. The van der Waals surface area contributed by atoms with E-state index in [1.807, 2.05) is 0 Å².